The number of likely N-dealkylation sites (N-methyl/N-ethyl adjacent to an activating group) is 1. The number of likely N-dealkylation sites (tertiary alicyclic amines) is 1. The average molecular weight is 228 g/mol. The van der Waals surface area contributed by atoms with Crippen LogP contribution >= 0.6 is 0 Å². The van der Waals surface area contributed by atoms with E-state index in [0.717, 1.165) is 26.1 Å². The highest BCUT2D eigenvalue weighted by Gasteiger charge is 2.28. The van der Waals surface area contributed by atoms with Crippen molar-refractivity contribution in [3.63, 3.8) is 0 Å². The smallest absolute Gasteiger partial charge is 0.253 e. The van der Waals surface area contributed by atoms with Crippen LogP contribution in [0.2, 0.25) is 0 Å². The lowest BCUT2D eigenvalue weighted by Crippen LogP contribution is -2.43. The van der Waals surface area contributed by atoms with Gasteiger partial charge in [-0.1, -0.05) is 0 Å². The van der Waals surface area contributed by atoms with Gasteiger partial charge in [0.2, 0.25) is 0 Å². The molecule has 16 heavy (non-hydrogen) atoms. The first kappa shape index (κ1) is 13.5. The Morgan fingerprint density at radius 1 is 1.56 bits per heavy atom. The lowest BCUT2D eigenvalue weighted by Gasteiger charge is -2.25. The Morgan fingerprint density at radius 2 is 2.19 bits per heavy atom. The van der Waals surface area contributed by atoms with Crippen molar-refractivity contribution in [3.05, 3.63) is 0 Å². The van der Waals surface area contributed by atoms with E-state index in [1.165, 1.54) is 20.3 Å². The van der Waals surface area contributed by atoms with Crippen LogP contribution in [0.1, 0.15) is 26.7 Å². The molecule has 1 heterocycles. The number of carbonyl (C=O) groups is 1. The van der Waals surface area contributed by atoms with Crippen molar-refractivity contribution < 1.29 is 9.90 Å². The SMILES string of the molecule is CN1CCC(CCN(C)C(=O)C(C)(C)O)C1. The van der Waals surface area contributed by atoms with Gasteiger partial charge in [0.15, 0.2) is 0 Å². The van der Waals surface area contributed by atoms with E-state index in [-0.39, 0.29) is 5.91 Å². The number of nitrogens with zero attached hydrogens (tertiary/aromatic N) is 2. The quantitative estimate of drug-likeness (QED) is 0.764. The zero-order chi connectivity index (χ0) is 12.3. The second kappa shape index (κ2) is 5.15. The number of amides is 1. The molecule has 94 valence electrons. The molecule has 0 aromatic heterocycles. The highest BCUT2D eigenvalue weighted by atomic mass is 16.3. The second-order valence-corrected chi connectivity index (χ2v) is 5.49. The van der Waals surface area contributed by atoms with Crippen LogP contribution in [0.15, 0.2) is 0 Å². The third-order valence-electron chi connectivity index (χ3n) is 3.23. The molecule has 1 unspecified atom stereocenters. The Hall–Kier alpha value is -0.610. The first-order valence-electron chi connectivity index (χ1n) is 5.97. The average Bonchev–Trinajstić information content (AvgIpc) is 2.58. The van der Waals surface area contributed by atoms with Crippen LogP contribution in [-0.2, 0) is 4.79 Å². The molecule has 1 fully saturated rings. The number of hydrogen-bond acceptors (Lipinski definition) is 3. The predicted octanol–water partition coefficient (Wildman–Crippen LogP) is 0.557. The molecular formula is C12H24N2O2. The molecule has 0 aromatic carbocycles. The molecule has 4 heteroatoms. The second-order valence-electron chi connectivity index (χ2n) is 5.49. The number of aliphatic hydroxyl groups is 1. The van der Waals surface area contributed by atoms with E-state index >= 15 is 0 Å². The number of rotatable bonds is 4. The fourth-order valence-corrected chi connectivity index (χ4v) is 2.21. The summed E-state index contributed by atoms with van der Waals surface area (Å²) in [7, 11) is 3.89. The summed E-state index contributed by atoms with van der Waals surface area (Å²) >= 11 is 0. The van der Waals surface area contributed by atoms with Crippen LogP contribution in [0.25, 0.3) is 0 Å². The Labute approximate surface area is 98.2 Å². The fraction of sp³-hybridized carbons (Fsp3) is 0.917. The molecule has 1 aliphatic rings. The van der Waals surface area contributed by atoms with Crippen molar-refractivity contribution in [2.24, 2.45) is 5.92 Å². The molecule has 1 atom stereocenters. The minimum atomic E-state index is -1.25. The van der Waals surface area contributed by atoms with E-state index < -0.39 is 5.60 Å². The maximum absolute atomic E-state index is 11.7. The van der Waals surface area contributed by atoms with Gasteiger partial charge in [-0.3, -0.25) is 4.79 Å². The third-order valence-corrected chi connectivity index (χ3v) is 3.23. The molecule has 1 saturated heterocycles. The van der Waals surface area contributed by atoms with E-state index in [9.17, 15) is 9.90 Å². The highest BCUT2D eigenvalue weighted by Crippen LogP contribution is 2.18. The van der Waals surface area contributed by atoms with Crippen LogP contribution in [0.3, 0.4) is 0 Å². The molecule has 1 aliphatic heterocycles. The first-order valence-corrected chi connectivity index (χ1v) is 5.97. The Balaban J connectivity index is 2.30. The normalized spacial score (nSPS) is 22.4. The van der Waals surface area contributed by atoms with Gasteiger partial charge in [0.25, 0.3) is 5.91 Å². The van der Waals surface area contributed by atoms with Crippen molar-refractivity contribution >= 4 is 5.91 Å². The molecule has 0 bridgehead atoms. The molecule has 1 N–H and O–H groups in total. The Bertz CT molecular complexity index is 248. The van der Waals surface area contributed by atoms with Gasteiger partial charge < -0.3 is 14.9 Å². The molecular weight excluding hydrogens is 204 g/mol. The summed E-state index contributed by atoms with van der Waals surface area (Å²) < 4.78 is 0. The van der Waals surface area contributed by atoms with Gasteiger partial charge in [0.05, 0.1) is 0 Å². The van der Waals surface area contributed by atoms with Crippen LogP contribution < -0.4 is 0 Å². The van der Waals surface area contributed by atoms with E-state index in [1.807, 2.05) is 0 Å². The zero-order valence-electron chi connectivity index (χ0n) is 10.9. The third kappa shape index (κ3) is 3.76. The van der Waals surface area contributed by atoms with Gasteiger partial charge in [-0.05, 0) is 46.2 Å². The van der Waals surface area contributed by atoms with Crippen LogP contribution in [0, 0.1) is 5.92 Å². The molecule has 0 aromatic rings. The summed E-state index contributed by atoms with van der Waals surface area (Å²) in [4.78, 5) is 15.7. The monoisotopic (exact) mass is 228 g/mol. The van der Waals surface area contributed by atoms with Crippen LogP contribution in [0.5, 0.6) is 0 Å². The van der Waals surface area contributed by atoms with E-state index in [2.05, 4.69) is 11.9 Å². The van der Waals surface area contributed by atoms with E-state index in [4.69, 9.17) is 0 Å². The lowest BCUT2D eigenvalue weighted by atomic mass is 10.0. The largest absolute Gasteiger partial charge is 0.381 e. The minimum absolute atomic E-state index is 0.196. The topological polar surface area (TPSA) is 43.8 Å². The molecule has 0 spiro atoms. The van der Waals surface area contributed by atoms with Gasteiger partial charge in [-0.25, -0.2) is 0 Å². The number of hydrogen-bond donors (Lipinski definition) is 1. The van der Waals surface area contributed by atoms with Crippen molar-refractivity contribution in [2.45, 2.75) is 32.3 Å². The van der Waals surface area contributed by atoms with E-state index in [1.54, 1.807) is 11.9 Å². The summed E-state index contributed by atoms with van der Waals surface area (Å²) in [6.45, 7) is 6.10. The van der Waals surface area contributed by atoms with Crippen molar-refractivity contribution in [2.75, 3.05) is 33.7 Å². The summed E-state index contributed by atoms with van der Waals surface area (Å²) in [6, 6.07) is 0. The maximum Gasteiger partial charge on any atom is 0.253 e. The molecule has 0 radical (unpaired) electrons. The van der Waals surface area contributed by atoms with Crippen molar-refractivity contribution in [1.82, 2.24) is 9.80 Å². The molecule has 0 saturated carbocycles. The standard InChI is InChI=1S/C12H24N2O2/c1-12(2,16)11(15)14(4)8-6-10-5-7-13(3)9-10/h10,16H,5-9H2,1-4H3. The summed E-state index contributed by atoms with van der Waals surface area (Å²) in [5, 5.41) is 9.59. The molecule has 1 rings (SSSR count). The van der Waals surface area contributed by atoms with Gasteiger partial charge in [-0.15, -0.1) is 0 Å². The first-order chi connectivity index (χ1) is 7.30. The van der Waals surface area contributed by atoms with Crippen LogP contribution in [-0.4, -0.2) is 60.1 Å². The van der Waals surface area contributed by atoms with Crippen molar-refractivity contribution in [3.8, 4) is 0 Å². The molecule has 1 amide bonds. The predicted molar refractivity (Wildman–Crippen MR) is 64.2 cm³/mol. The molecule has 0 aliphatic carbocycles. The van der Waals surface area contributed by atoms with E-state index in [0.29, 0.717) is 5.92 Å². The Kier molecular flexibility index (Phi) is 4.33. The van der Waals surface area contributed by atoms with Gasteiger partial charge in [-0.2, -0.15) is 0 Å². The molecule has 4 nitrogen and oxygen atoms in total. The fourth-order valence-electron chi connectivity index (χ4n) is 2.21. The van der Waals surface area contributed by atoms with Gasteiger partial charge in [0, 0.05) is 20.1 Å². The van der Waals surface area contributed by atoms with Gasteiger partial charge >= 0.3 is 0 Å². The van der Waals surface area contributed by atoms with Crippen molar-refractivity contribution in [1.29, 1.82) is 0 Å². The summed E-state index contributed by atoms with van der Waals surface area (Å²) in [6.07, 6.45) is 2.25. The van der Waals surface area contributed by atoms with Crippen LogP contribution in [0.4, 0.5) is 0 Å². The highest BCUT2D eigenvalue weighted by molar-refractivity contribution is 5.83. The number of carbonyl (C=O) groups excluding carboxylic acids is 1. The van der Waals surface area contributed by atoms with Gasteiger partial charge in [0.1, 0.15) is 5.60 Å². The summed E-state index contributed by atoms with van der Waals surface area (Å²) in [5.41, 5.74) is -1.25. The lowest BCUT2D eigenvalue weighted by molar-refractivity contribution is -0.146. The Morgan fingerprint density at radius 3 is 2.62 bits per heavy atom. The zero-order valence-corrected chi connectivity index (χ0v) is 10.9. The maximum atomic E-state index is 11.7. The summed E-state index contributed by atoms with van der Waals surface area (Å²) in [5.74, 6) is 0.501. The minimum Gasteiger partial charge on any atom is -0.381 e.